The first-order valence-corrected chi connectivity index (χ1v) is 7.19. The van der Waals surface area contributed by atoms with E-state index in [0.29, 0.717) is 5.92 Å². The Balaban J connectivity index is 1.54. The van der Waals surface area contributed by atoms with Crippen LogP contribution in [0.5, 0.6) is 0 Å². The first-order chi connectivity index (χ1) is 9.65. The van der Waals surface area contributed by atoms with Gasteiger partial charge in [0.05, 0.1) is 6.10 Å². The van der Waals surface area contributed by atoms with Crippen molar-refractivity contribution >= 4 is 11.9 Å². The topological polar surface area (TPSA) is 86.3 Å². The molecule has 1 amide bonds. The van der Waals surface area contributed by atoms with Gasteiger partial charge < -0.3 is 15.4 Å². The highest BCUT2D eigenvalue weighted by Gasteiger charge is 2.36. The van der Waals surface area contributed by atoms with Crippen molar-refractivity contribution in [1.29, 1.82) is 0 Å². The number of nitrogens with two attached hydrogens (primary N) is 1. The zero-order valence-electron chi connectivity index (χ0n) is 11.7. The monoisotopic (exact) mass is 279 g/mol. The van der Waals surface area contributed by atoms with Crippen LogP contribution in [0.15, 0.2) is 6.33 Å². The lowest BCUT2D eigenvalue weighted by Gasteiger charge is -2.34. The van der Waals surface area contributed by atoms with Gasteiger partial charge in [-0.1, -0.05) is 0 Å². The Labute approximate surface area is 118 Å². The van der Waals surface area contributed by atoms with Gasteiger partial charge in [-0.25, -0.2) is 4.68 Å². The van der Waals surface area contributed by atoms with Gasteiger partial charge in [0.1, 0.15) is 12.4 Å². The second-order valence-electron chi connectivity index (χ2n) is 5.65. The Morgan fingerprint density at radius 2 is 2.10 bits per heavy atom. The van der Waals surface area contributed by atoms with E-state index in [0.717, 1.165) is 44.7 Å². The molecule has 20 heavy (non-hydrogen) atoms. The van der Waals surface area contributed by atoms with Gasteiger partial charge in [0.25, 0.3) is 0 Å². The van der Waals surface area contributed by atoms with Crippen molar-refractivity contribution < 1.29 is 9.53 Å². The molecule has 0 unspecified atom stereocenters. The first kappa shape index (κ1) is 13.4. The van der Waals surface area contributed by atoms with Gasteiger partial charge in [0.2, 0.25) is 11.9 Å². The molecule has 3 rings (SSSR count). The van der Waals surface area contributed by atoms with E-state index in [1.54, 1.807) is 11.0 Å². The zero-order chi connectivity index (χ0) is 14.1. The van der Waals surface area contributed by atoms with E-state index >= 15 is 0 Å². The summed E-state index contributed by atoms with van der Waals surface area (Å²) in [6.07, 6.45) is 5.22. The van der Waals surface area contributed by atoms with Crippen molar-refractivity contribution in [3.05, 3.63) is 6.33 Å². The standard InChI is InChI=1S/C13H21N5O2/c1-17-13(15-8-16-17)18-6-4-9(5-7-18)10-2-3-11(20-10)12(14)19/h8-11H,2-7H2,1H3,(H2,14,19)/t10-,11+/m0/s1. The smallest absolute Gasteiger partial charge is 0.246 e. The average Bonchev–Trinajstić information content (AvgIpc) is 3.07. The van der Waals surface area contributed by atoms with Crippen molar-refractivity contribution in [2.75, 3.05) is 18.0 Å². The van der Waals surface area contributed by atoms with Crippen LogP contribution in [0.3, 0.4) is 0 Å². The number of anilines is 1. The van der Waals surface area contributed by atoms with Crippen LogP contribution >= 0.6 is 0 Å². The largest absolute Gasteiger partial charge is 0.367 e. The molecule has 2 aliphatic rings. The minimum absolute atomic E-state index is 0.189. The molecule has 0 bridgehead atoms. The van der Waals surface area contributed by atoms with Gasteiger partial charge in [-0.2, -0.15) is 10.1 Å². The Morgan fingerprint density at radius 1 is 1.35 bits per heavy atom. The Hall–Kier alpha value is -1.63. The Kier molecular flexibility index (Phi) is 3.60. The van der Waals surface area contributed by atoms with Crippen molar-refractivity contribution in [3.8, 4) is 0 Å². The molecular weight excluding hydrogens is 258 g/mol. The number of nitrogens with zero attached hydrogens (tertiary/aromatic N) is 4. The minimum Gasteiger partial charge on any atom is -0.367 e. The second kappa shape index (κ2) is 5.40. The molecule has 2 fully saturated rings. The van der Waals surface area contributed by atoms with Crippen LogP contribution in [-0.4, -0.2) is 46.0 Å². The lowest BCUT2D eigenvalue weighted by atomic mass is 9.90. The van der Waals surface area contributed by atoms with Crippen LogP contribution in [0, 0.1) is 5.92 Å². The summed E-state index contributed by atoms with van der Waals surface area (Å²) in [4.78, 5) is 17.7. The molecular formula is C13H21N5O2. The highest BCUT2D eigenvalue weighted by Crippen LogP contribution is 2.32. The summed E-state index contributed by atoms with van der Waals surface area (Å²) in [6.45, 7) is 1.91. The third-order valence-corrected chi connectivity index (χ3v) is 4.41. The molecule has 0 spiro atoms. The number of rotatable bonds is 3. The maximum atomic E-state index is 11.1. The summed E-state index contributed by atoms with van der Waals surface area (Å²) in [7, 11) is 1.91. The van der Waals surface area contributed by atoms with Crippen LogP contribution in [0.4, 0.5) is 5.95 Å². The quantitative estimate of drug-likeness (QED) is 0.846. The molecule has 0 radical (unpaired) electrons. The number of carbonyl (C=O) groups excluding carboxylic acids is 1. The third kappa shape index (κ3) is 2.49. The van der Waals surface area contributed by atoms with Crippen LogP contribution in [0.25, 0.3) is 0 Å². The fourth-order valence-corrected chi connectivity index (χ4v) is 3.27. The Morgan fingerprint density at radius 3 is 2.65 bits per heavy atom. The van der Waals surface area contributed by atoms with E-state index in [2.05, 4.69) is 15.0 Å². The van der Waals surface area contributed by atoms with Gasteiger partial charge >= 0.3 is 0 Å². The highest BCUT2D eigenvalue weighted by atomic mass is 16.5. The van der Waals surface area contributed by atoms with Crippen LogP contribution in [0.2, 0.25) is 0 Å². The summed E-state index contributed by atoms with van der Waals surface area (Å²) in [6, 6.07) is 0. The third-order valence-electron chi connectivity index (χ3n) is 4.41. The van der Waals surface area contributed by atoms with Gasteiger partial charge in [-0.05, 0) is 31.6 Å². The van der Waals surface area contributed by atoms with E-state index in [-0.39, 0.29) is 18.1 Å². The van der Waals surface area contributed by atoms with E-state index in [1.807, 2.05) is 7.05 Å². The molecule has 3 heterocycles. The van der Waals surface area contributed by atoms with Crippen molar-refractivity contribution in [2.45, 2.75) is 37.9 Å². The number of amides is 1. The number of piperidine rings is 1. The molecule has 2 atom stereocenters. The molecule has 0 aromatic carbocycles. The number of hydrogen-bond acceptors (Lipinski definition) is 5. The molecule has 1 aromatic heterocycles. The molecule has 2 saturated heterocycles. The number of carbonyl (C=O) groups is 1. The molecule has 1 aromatic rings. The van der Waals surface area contributed by atoms with Gasteiger partial charge in [0, 0.05) is 20.1 Å². The van der Waals surface area contributed by atoms with Crippen LogP contribution in [0.1, 0.15) is 25.7 Å². The van der Waals surface area contributed by atoms with E-state index in [1.165, 1.54) is 0 Å². The van der Waals surface area contributed by atoms with Crippen molar-refractivity contribution in [3.63, 3.8) is 0 Å². The minimum atomic E-state index is -0.378. The van der Waals surface area contributed by atoms with Crippen molar-refractivity contribution in [2.24, 2.45) is 18.7 Å². The van der Waals surface area contributed by atoms with E-state index in [9.17, 15) is 4.79 Å². The van der Waals surface area contributed by atoms with Gasteiger partial charge in [-0.15, -0.1) is 0 Å². The summed E-state index contributed by atoms with van der Waals surface area (Å²) in [5.74, 6) is 1.11. The molecule has 2 N–H and O–H groups in total. The Bertz CT molecular complexity index is 481. The molecule has 7 heteroatoms. The van der Waals surface area contributed by atoms with E-state index < -0.39 is 0 Å². The normalized spacial score (nSPS) is 27.9. The predicted octanol–water partition coefficient (Wildman–Crippen LogP) is 0.0644. The van der Waals surface area contributed by atoms with E-state index in [4.69, 9.17) is 10.5 Å². The molecule has 0 saturated carbocycles. The SMILES string of the molecule is Cn1ncnc1N1CCC([C@@H]2CC[C@H](C(N)=O)O2)CC1. The number of ether oxygens (including phenoxy) is 1. The summed E-state index contributed by atoms with van der Waals surface area (Å²) in [5.41, 5.74) is 5.30. The summed E-state index contributed by atoms with van der Waals surface area (Å²) in [5, 5.41) is 4.11. The highest BCUT2D eigenvalue weighted by molar-refractivity contribution is 5.79. The first-order valence-electron chi connectivity index (χ1n) is 7.19. The van der Waals surface area contributed by atoms with Gasteiger partial charge in [0.15, 0.2) is 0 Å². The van der Waals surface area contributed by atoms with Crippen molar-refractivity contribution in [1.82, 2.24) is 14.8 Å². The maximum Gasteiger partial charge on any atom is 0.246 e. The second-order valence-corrected chi connectivity index (χ2v) is 5.65. The average molecular weight is 279 g/mol. The number of aromatic nitrogens is 3. The van der Waals surface area contributed by atoms with Crippen LogP contribution < -0.4 is 10.6 Å². The predicted molar refractivity (Wildman–Crippen MR) is 73.0 cm³/mol. The number of primary amides is 1. The molecule has 110 valence electrons. The molecule has 0 aliphatic carbocycles. The number of hydrogen-bond donors (Lipinski definition) is 1. The van der Waals surface area contributed by atoms with Crippen LogP contribution in [-0.2, 0) is 16.6 Å². The lowest BCUT2D eigenvalue weighted by molar-refractivity contribution is -0.130. The summed E-state index contributed by atoms with van der Waals surface area (Å²) >= 11 is 0. The lowest BCUT2D eigenvalue weighted by Crippen LogP contribution is -2.39. The fraction of sp³-hybridized carbons (Fsp3) is 0.769. The summed E-state index contributed by atoms with van der Waals surface area (Å²) < 4.78 is 7.59. The molecule has 7 nitrogen and oxygen atoms in total. The maximum absolute atomic E-state index is 11.1. The molecule has 2 aliphatic heterocycles. The fourth-order valence-electron chi connectivity index (χ4n) is 3.27. The zero-order valence-corrected chi connectivity index (χ0v) is 11.7. The number of aryl methyl sites for hydroxylation is 1. The van der Waals surface area contributed by atoms with Gasteiger partial charge in [-0.3, -0.25) is 4.79 Å².